The van der Waals surface area contributed by atoms with Gasteiger partial charge >= 0.3 is 0 Å². The first-order valence-electron chi connectivity index (χ1n) is 7.65. The number of aromatic nitrogens is 1. The fraction of sp³-hybridized carbons (Fsp3) is 0.375. The van der Waals surface area contributed by atoms with Crippen LogP contribution in [0.5, 0.6) is 0 Å². The van der Waals surface area contributed by atoms with Gasteiger partial charge in [-0.2, -0.15) is 0 Å². The number of thioether (sulfide) groups is 1. The summed E-state index contributed by atoms with van der Waals surface area (Å²) in [5, 5.41) is 11.8. The lowest BCUT2D eigenvalue weighted by Gasteiger charge is -2.06. The zero-order valence-electron chi connectivity index (χ0n) is 14.1. The highest BCUT2D eigenvalue weighted by molar-refractivity contribution is 7.99. The number of rotatable bonds is 8. The average molecular weight is 383 g/mol. The molecular weight excluding hydrogens is 362 g/mol. The van der Waals surface area contributed by atoms with Gasteiger partial charge in [0.25, 0.3) is 0 Å². The van der Waals surface area contributed by atoms with Gasteiger partial charge in [-0.25, -0.2) is 13.6 Å². The molecule has 0 unspecified atom stereocenters. The van der Waals surface area contributed by atoms with Gasteiger partial charge in [0.05, 0.1) is 16.3 Å². The fourth-order valence-corrected chi connectivity index (χ4v) is 3.72. The smallest absolute Gasteiger partial charge is 0.238 e. The second-order valence-electron chi connectivity index (χ2n) is 5.58. The zero-order valence-corrected chi connectivity index (χ0v) is 15.7. The number of primary sulfonamides is 1. The van der Waals surface area contributed by atoms with Crippen molar-refractivity contribution >= 4 is 27.7 Å². The molecule has 0 saturated heterocycles. The van der Waals surface area contributed by atoms with Gasteiger partial charge in [0.2, 0.25) is 15.9 Å². The number of hydrogen-bond acceptors (Lipinski definition) is 6. The fourth-order valence-electron chi connectivity index (χ4n) is 2.20. The SMILES string of the molecule is Cc1noc(C)c1CSCC(=O)NCCc1ccc(S(N)(=O)=O)cc1. The molecule has 136 valence electrons. The van der Waals surface area contributed by atoms with Gasteiger partial charge in [-0.05, 0) is 38.0 Å². The lowest BCUT2D eigenvalue weighted by Crippen LogP contribution is -2.27. The summed E-state index contributed by atoms with van der Waals surface area (Å²) in [5.74, 6) is 1.78. The standard InChI is InChI=1S/C16H21N3O4S2/c1-11-15(12(2)23-19-11)9-24-10-16(20)18-8-7-13-3-5-14(6-4-13)25(17,21)22/h3-6H,7-10H2,1-2H3,(H,18,20)(H2,17,21,22). The number of nitrogens with one attached hydrogen (secondary N) is 1. The Bertz CT molecular complexity index is 810. The molecule has 0 aliphatic carbocycles. The van der Waals surface area contributed by atoms with Crippen LogP contribution in [0.4, 0.5) is 0 Å². The normalized spacial score (nSPS) is 11.5. The maximum Gasteiger partial charge on any atom is 0.238 e. The minimum Gasteiger partial charge on any atom is -0.361 e. The van der Waals surface area contributed by atoms with Crippen LogP contribution >= 0.6 is 11.8 Å². The second kappa shape index (κ2) is 8.50. The average Bonchev–Trinajstić information content (AvgIpc) is 2.86. The Morgan fingerprint density at radius 2 is 1.96 bits per heavy atom. The lowest BCUT2D eigenvalue weighted by atomic mass is 10.1. The van der Waals surface area contributed by atoms with Crippen LogP contribution in [0.25, 0.3) is 0 Å². The van der Waals surface area contributed by atoms with E-state index in [2.05, 4.69) is 10.5 Å². The Hall–Kier alpha value is -1.84. The molecule has 9 heteroatoms. The summed E-state index contributed by atoms with van der Waals surface area (Å²) in [6.45, 7) is 4.23. The minimum atomic E-state index is -3.67. The van der Waals surface area contributed by atoms with E-state index in [1.807, 2.05) is 13.8 Å². The van der Waals surface area contributed by atoms with E-state index in [1.165, 1.54) is 23.9 Å². The summed E-state index contributed by atoms with van der Waals surface area (Å²) in [7, 11) is -3.67. The molecule has 0 aliphatic rings. The number of nitrogens with two attached hydrogens (primary N) is 1. The van der Waals surface area contributed by atoms with Gasteiger partial charge in [0.15, 0.2) is 0 Å². The third-order valence-corrected chi connectivity index (χ3v) is 5.54. The topological polar surface area (TPSA) is 115 Å². The largest absolute Gasteiger partial charge is 0.361 e. The number of aryl methyl sites for hydroxylation is 2. The van der Waals surface area contributed by atoms with Gasteiger partial charge in [-0.3, -0.25) is 4.79 Å². The molecule has 25 heavy (non-hydrogen) atoms. The van der Waals surface area contributed by atoms with Gasteiger partial charge in [-0.15, -0.1) is 11.8 Å². The molecule has 1 aromatic carbocycles. The van der Waals surface area contributed by atoms with E-state index in [1.54, 1.807) is 12.1 Å². The van der Waals surface area contributed by atoms with Crippen molar-refractivity contribution in [3.05, 3.63) is 46.8 Å². The van der Waals surface area contributed by atoms with Crippen LogP contribution < -0.4 is 10.5 Å². The number of carbonyl (C=O) groups excluding carboxylic acids is 1. The van der Waals surface area contributed by atoms with Crippen molar-refractivity contribution in [2.45, 2.75) is 30.9 Å². The van der Waals surface area contributed by atoms with Crippen molar-refractivity contribution in [2.75, 3.05) is 12.3 Å². The summed E-state index contributed by atoms with van der Waals surface area (Å²) in [6, 6.07) is 6.31. The maximum absolute atomic E-state index is 11.9. The molecule has 2 rings (SSSR count). The van der Waals surface area contributed by atoms with E-state index in [4.69, 9.17) is 9.66 Å². The highest BCUT2D eigenvalue weighted by atomic mass is 32.2. The van der Waals surface area contributed by atoms with Crippen LogP contribution in [0.2, 0.25) is 0 Å². The molecular formula is C16H21N3O4S2. The quantitative estimate of drug-likeness (QED) is 0.714. The number of hydrogen-bond donors (Lipinski definition) is 2. The first-order valence-corrected chi connectivity index (χ1v) is 10.4. The molecule has 7 nitrogen and oxygen atoms in total. The molecule has 1 amide bonds. The molecule has 3 N–H and O–H groups in total. The highest BCUT2D eigenvalue weighted by Gasteiger charge is 2.10. The van der Waals surface area contributed by atoms with Crippen LogP contribution in [0.1, 0.15) is 22.6 Å². The zero-order chi connectivity index (χ0) is 18.4. The molecule has 0 spiro atoms. The summed E-state index contributed by atoms with van der Waals surface area (Å²) >= 11 is 1.51. The predicted octanol–water partition coefficient (Wildman–Crippen LogP) is 1.53. The molecule has 0 radical (unpaired) electrons. The van der Waals surface area contributed by atoms with Gasteiger partial charge in [-0.1, -0.05) is 17.3 Å². The first kappa shape index (κ1) is 19.5. The van der Waals surface area contributed by atoms with Gasteiger partial charge < -0.3 is 9.84 Å². The number of sulfonamides is 1. The van der Waals surface area contributed by atoms with Crippen molar-refractivity contribution in [2.24, 2.45) is 5.14 Å². The minimum absolute atomic E-state index is 0.0436. The van der Waals surface area contributed by atoms with E-state index >= 15 is 0 Å². The Morgan fingerprint density at radius 3 is 2.52 bits per heavy atom. The molecule has 0 bridgehead atoms. The summed E-state index contributed by atoms with van der Waals surface area (Å²) < 4.78 is 27.5. The number of nitrogens with zero attached hydrogens (tertiary/aromatic N) is 1. The Morgan fingerprint density at radius 1 is 1.28 bits per heavy atom. The van der Waals surface area contributed by atoms with Crippen molar-refractivity contribution < 1.29 is 17.7 Å². The van der Waals surface area contributed by atoms with E-state index in [-0.39, 0.29) is 10.8 Å². The molecule has 0 atom stereocenters. The highest BCUT2D eigenvalue weighted by Crippen LogP contribution is 2.19. The van der Waals surface area contributed by atoms with E-state index in [0.717, 1.165) is 22.6 Å². The monoisotopic (exact) mass is 383 g/mol. The number of carbonyl (C=O) groups is 1. The van der Waals surface area contributed by atoms with Crippen molar-refractivity contribution in [3.8, 4) is 0 Å². The third kappa shape index (κ3) is 5.87. The van der Waals surface area contributed by atoms with E-state index < -0.39 is 10.0 Å². The van der Waals surface area contributed by atoms with E-state index in [9.17, 15) is 13.2 Å². The molecule has 0 aliphatic heterocycles. The van der Waals surface area contributed by atoms with Crippen molar-refractivity contribution in [1.82, 2.24) is 10.5 Å². The van der Waals surface area contributed by atoms with E-state index in [0.29, 0.717) is 24.5 Å². The molecule has 1 heterocycles. The van der Waals surface area contributed by atoms with Crippen LogP contribution in [-0.4, -0.2) is 31.8 Å². The Labute approximate surface area is 151 Å². The maximum atomic E-state index is 11.9. The third-order valence-electron chi connectivity index (χ3n) is 3.65. The summed E-state index contributed by atoms with van der Waals surface area (Å²) in [6.07, 6.45) is 0.616. The first-order chi connectivity index (χ1) is 11.8. The molecule has 0 fully saturated rings. The van der Waals surface area contributed by atoms with Crippen LogP contribution in [0, 0.1) is 13.8 Å². The summed E-state index contributed by atoms with van der Waals surface area (Å²) in [4.78, 5) is 11.9. The van der Waals surface area contributed by atoms with Crippen LogP contribution in [0.3, 0.4) is 0 Å². The van der Waals surface area contributed by atoms with Crippen molar-refractivity contribution in [1.29, 1.82) is 0 Å². The molecule has 2 aromatic rings. The van der Waals surface area contributed by atoms with Crippen molar-refractivity contribution in [3.63, 3.8) is 0 Å². The van der Waals surface area contributed by atoms with Crippen LogP contribution in [0.15, 0.2) is 33.7 Å². The van der Waals surface area contributed by atoms with Gasteiger partial charge in [0, 0.05) is 17.9 Å². The second-order valence-corrected chi connectivity index (χ2v) is 8.13. The van der Waals surface area contributed by atoms with Gasteiger partial charge in [0.1, 0.15) is 5.76 Å². The number of benzene rings is 1. The number of amides is 1. The lowest BCUT2D eigenvalue weighted by molar-refractivity contribution is -0.118. The summed E-state index contributed by atoms with van der Waals surface area (Å²) in [5.41, 5.74) is 2.82. The molecule has 0 saturated carbocycles. The predicted molar refractivity (Wildman–Crippen MR) is 96.7 cm³/mol. The molecule has 1 aromatic heterocycles. The van der Waals surface area contributed by atoms with Crippen LogP contribution in [-0.2, 0) is 27.0 Å². The Balaban J connectivity index is 1.70. The Kier molecular flexibility index (Phi) is 6.63.